The van der Waals surface area contributed by atoms with Crippen LogP contribution >= 0.6 is 24.8 Å². The summed E-state index contributed by atoms with van der Waals surface area (Å²) < 4.78 is 22.2. The number of hydrogen-bond donors (Lipinski definition) is 2. The summed E-state index contributed by atoms with van der Waals surface area (Å²) in [6.07, 6.45) is 0.642. The molecule has 1 fully saturated rings. The number of nitrogens with one attached hydrogen (secondary N) is 1. The molecule has 0 saturated carbocycles. The van der Waals surface area contributed by atoms with E-state index in [4.69, 9.17) is 0 Å². The first-order valence-electron chi connectivity index (χ1n) is 3.19. The minimum Gasteiger partial charge on any atom is -0.367 e. The van der Waals surface area contributed by atoms with Gasteiger partial charge in [0.15, 0.2) is 9.84 Å². The van der Waals surface area contributed by atoms with Crippen molar-refractivity contribution in [1.82, 2.24) is 5.32 Å². The first-order valence-corrected chi connectivity index (χ1v) is 5.87. The molecule has 1 aliphatic rings. The van der Waals surface area contributed by atoms with Crippen LogP contribution in [0.3, 0.4) is 0 Å². The molecule has 0 radical (unpaired) electrons. The Bertz CT molecular complexity index is 259. The average molecular weight is 211 g/mol. The fraction of sp³-hybridized carbons (Fsp3) is 0.800. The zero-order valence-electron chi connectivity index (χ0n) is 5.78. The molecular formula is C5H9NO2S3. The molecule has 6 heteroatoms. The predicted octanol–water partition coefficient (Wildman–Crippen LogP) is -0.0222. The summed E-state index contributed by atoms with van der Waals surface area (Å²) >= 11 is 8.52. The van der Waals surface area contributed by atoms with Gasteiger partial charge in [0.2, 0.25) is 0 Å². The van der Waals surface area contributed by atoms with Gasteiger partial charge in [-0.1, -0.05) is 12.2 Å². The zero-order chi connectivity index (χ0) is 8.48. The van der Waals surface area contributed by atoms with Crippen LogP contribution in [0, 0.1) is 0 Å². The van der Waals surface area contributed by atoms with Gasteiger partial charge in [-0.25, -0.2) is 8.42 Å². The molecule has 64 valence electrons. The highest BCUT2D eigenvalue weighted by atomic mass is 32.2. The molecule has 0 unspecified atom stereocenters. The van der Waals surface area contributed by atoms with Crippen molar-refractivity contribution in [1.29, 1.82) is 0 Å². The molecule has 0 aromatic rings. The molecule has 11 heavy (non-hydrogen) atoms. The first-order chi connectivity index (χ1) is 4.99. The summed E-state index contributed by atoms with van der Waals surface area (Å²) in [6.45, 7) is 0. The van der Waals surface area contributed by atoms with Crippen molar-refractivity contribution >= 4 is 39.0 Å². The lowest BCUT2D eigenvalue weighted by molar-refractivity contribution is 0.600. The van der Waals surface area contributed by atoms with Crippen molar-refractivity contribution in [3.63, 3.8) is 0 Å². The van der Waals surface area contributed by atoms with Gasteiger partial charge >= 0.3 is 0 Å². The van der Waals surface area contributed by atoms with Crippen LogP contribution in [0.5, 0.6) is 0 Å². The second-order valence-corrected chi connectivity index (χ2v) is 5.94. The fourth-order valence-corrected chi connectivity index (χ4v) is 3.11. The smallest absolute Gasteiger partial charge is 0.152 e. The molecule has 0 aromatic carbocycles. The highest BCUT2D eigenvalue weighted by molar-refractivity contribution is 8.11. The normalized spacial score (nSPS) is 28.3. The van der Waals surface area contributed by atoms with Crippen molar-refractivity contribution in [2.45, 2.75) is 12.5 Å². The highest BCUT2D eigenvalue weighted by Gasteiger charge is 2.27. The van der Waals surface area contributed by atoms with Crippen LogP contribution in [-0.2, 0) is 9.84 Å². The van der Waals surface area contributed by atoms with Gasteiger partial charge in [-0.2, -0.15) is 0 Å². The molecule has 1 N–H and O–H groups in total. The van der Waals surface area contributed by atoms with E-state index < -0.39 is 9.84 Å². The van der Waals surface area contributed by atoms with E-state index >= 15 is 0 Å². The molecule has 0 aliphatic carbocycles. The lowest BCUT2D eigenvalue weighted by Crippen LogP contribution is -2.31. The Morgan fingerprint density at radius 2 is 2.27 bits per heavy atom. The molecule has 1 heterocycles. The van der Waals surface area contributed by atoms with Gasteiger partial charge in [0.25, 0.3) is 0 Å². The Morgan fingerprint density at radius 1 is 1.64 bits per heavy atom. The number of sulfone groups is 1. The Labute approximate surface area is 76.9 Å². The summed E-state index contributed by atoms with van der Waals surface area (Å²) in [5.74, 6) is 0.453. The highest BCUT2D eigenvalue weighted by Crippen LogP contribution is 2.11. The number of thiocarbonyl (C=S) groups is 1. The van der Waals surface area contributed by atoms with E-state index in [9.17, 15) is 8.42 Å². The third kappa shape index (κ3) is 2.96. The summed E-state index contributed by atoms with van der Waals surface area (Å²) in [5, 5.41) is 2.81. The molecule has 0 bridgehead atoms. The second-order valence-electron chi connectivity index (χ2n) is 2.55. The molecule has 0 amide bonds. The molecule has 0 aromatic heterocycles. The quantitative estimate of drug-likeness (QED) is 0.472. The molecule has 1 atom stereocenters. The third-order valence-electron chi connectivity index (χ3n) is 1.56. The van der Waals surface area contributed by atoms with Crippen LogP contribution in [0.2, 0.25) is 0 Å². The second kappa shape index (κ2) is 3.28. The van der Waals surface area contributed by atoms with Gasteiger partial charge in [-0.3, -0.25) is 0 Å². The van der Waals surface area contributed by atoms with Crippen molar-refractivity contribution in [2.24, 2.45) is 0 Å². The topological polar surface area (TPSA) is 46.2 Å². The lowest BCUT2D eigenvalue weighted by atomic mass is 10.3. The maximum Gasteiger partial charge on any atom is 0.152 e. The Kier molecular flexibility index (Phi) is 2.77. The predicted molar refractivity (Wildman–Crippen MR) is 51.8 cm³/mol. The zero-order valence-corrected chi connectivity index (χ0v) is 8.31. The maximum absolute atomic E-state index is 10.9. The Balaban J connectivity index is 2.49. The van der Waals surface area contributed by atoms with Crippen molar-refractivity contribution < 1.29 is 8.42 Å². The van der Waals surface area contributed by atoms with Gasteiger partial charge in [-0.15, -0.1) is 12.6 Å². The number of thiol groups is 1. The molecular weight excluding hydrogens is 202 g/mol. The summed E-state index contributed by atoms with van der Waals surface area (Å²) in [7, 11) is -2.80. The minimum atomic E-state index is -2.80. The molecule has 1 rings (SSSR count). The Hall–Kier alpha value is 0.190. The van der Waals surface area contributed by atoms with Crippen molar-refractivity contribution in [2.75, 3.05) is 11.5 Å². The van der Waals surface area contributed by atoms with E-state index in [0.717, 1.165) is 0 Å². The van der Waals surface area contributed by atoms with Crippen LogP contribution in [0.25, 0.3) is 0 Å². The van der Waals surface area contributed by atoms with E-state index in [1.54, 1.807) is 0 Å². The van der Waals surface area contributed by atoms with Crippen LogP contribution < -0.4 is 5.32 Å². The SMILES string of the molecule is O=S1(=O)CC[C@@H](NC(=S)S)C1. The largest absolute Gasteiger partial charge is 0.367 e. The minimum absolute atomic E-state index is 0.0231. The van der Waals surface area contributed by atoms with Gasteiger partial charge < -0.3 is 5.32 Å². The van der Waals surface area contributed by atoms with Gasteiger partial charge in [0, 0.05) is 6.04 Å². The lowest BCUT2D eigenvalue weighted by Gasteiger charge is -2.08. The molecule has 3 nitrogen and oxygen atoms in total. The van der Waals surface area contributed by atoms with Gasteiger partial charge in [0.05, 0.1) is 11.5 Å². The summed E-state index contributed by atoms with van der Waals surface area (Å²) in [4.78, 5) is 0. The van der Waals surface area contributed by atoms with Crippen LogP contribution in [0.1, 0.15) is 6.42 Å². The fourth-order valence-electron chi connectivity index (χ4n) is 1.08. The van der Waals surface area contributed by atoms with Gasteiger partial charge in [0.1, 0.15) is 4.32 Å². The van der Waals surface area contributed by atoms with Crippen LogP contribution in [0.4, 0.5) is 0 Å². The number of rotatable bonds is 1. The number of hydrogen-bond acceptors (Lipinski definition) is 3. The molecule has 0 spiro atoms. The van der Waals surface area contributed by atoms with Crippen molar-refractivity contribution in [3.05, 3.63) is 0 Å². The van der Waals surface area contributed by atoms with E-state index in [1.165, 1.54) is 0 Å². The molecule has 1 saturated heterocycles. The average Bonchev–Trinajstić information content (AvgIpc) is 2.08. The van der Waals surface area contributed by atoms with E-state index in [-0.39, 0.29) is 17.5 Å². The van der Waals surface area contributed by atoms with E-state index in [1.807, 2.05) is 0 Å². The third-order valence-corrected chi connectivity index (χ3v) is 3.57. The first kappa shape index (κ1) is 9.28. The van der Waals surface area contributed by atoms with Crippen LogP contribution in [-0.4, -0.2) is 30.3 Å². The van der Waals surface area contributed by atoms with Crippen molar-refractivity contribution in [3.8, 4) is 0 Å². The maximum atomic E-state index is 10.9. The monoisotopic (exact) mass is 211 g/mol. The Morgan fingerprint density at radius 3 is 2.64 bits per heavy atom. The summed E-state index contributed by atoms with van der Waals surface area (Å²) in [5.41, 5.74) is 0. The van der Waals surface area contributed by atoms with Crippen LogP contribution in [0.15, 0.2) is 0 Å². The summed E-state index contributed by atoms with van der Waals surface area (Å²) in [6, 6.07) is -0.0231. The van der Waals surface area contributed by atoms with E-state index in [2.05, 4.69) is 30.2 Å². The molecule has 1 aliphatic heterocycles. The standard InChI is InChI=1S/C5H9NO2S3/c7-11(8)2-1-4(3-11)6-5(9)10/h4H,1-3H2,(H2,6,9,10)/t4-/m1/s1. The van der Waals surface area contributed by atoms with E-state index in [0.29, 0.717) is 10.7 Å². The van der Waals surface area contributed by atoms with Gasteiger partial charge in [-0.05, 0) is 6.42 Å².